The Bertz CT molecular complexity index is 431. The zero-order valence-corrected chi connectivity index (χ0v) is 12.1. The first-order valence-corrected chi connectivity index (χ1v) is 7.41. The van der Waals surface area contributed by atoms with Crippen molar-refractivity contribution in [2.24, 2.45) is 5.92 Å². The lowest BCUT2D eigenvalue weighted by Gasteiger charge is -2.13. The topological polar surface area (TPSA) is 79.3 Å². The number of nitrogens with one attached hydrogen (secondary N) is 1. The molecule has 0 radical (unpaired) electrons. The van der Waals surface area contributed by atoms with Gasteiger partial charge in [-0.3, -0.25) is 4.79 Å². The van der Waals surface area contributed by atoms with Crippen molar-refractivity contribution in [2.45, 2.75) is 46.1 Å². The minimum Gasteiger partial charge on any atom is -0.476 e. The van der Waals surface area contributed by atoms with Crippen LogP contribution in [0.1, 0.15) is 55.0 Å². The van der Waals surface area contributed by atoms with E-state index in [4.69, 9.17) is 5.11 Å². The second-order valence-corrected chi connectivity index (χ2v) is 5.34. The normalized spacial score (nSPS) is 12.1. The van der Waals surface area contributed by atoms with Crippen LogP contribution < -0.4 is 5.32 Å². The number of amides is 1. The molecule has 1 heterocycles. The summed E-state index contributed by atoms with van der Waals surface area (Å²) >= 11 is 1.25. The fraction of sp³-hybridized carbons (Fsp3) is 0.615. The first kappa shape index (κ1) is 15.6. The molecule has 0 aliphatic heterocycles. The largest absolute Gasteiger partial charge is 0.476 e. The monoisotopic (exact) mass is 284 g/mol. The number of aromatic nitrogens is 1. The van der Waals surface area contributed by atoms with Gasteiger partial charge in [0.25, 0.3) is 0 Å². The summed E-state index contributed by atoms with van der Waals surface area (Å²) in [5.74, 6) is -0.968. The molecule has 0 spiro atoms. The molecule has 106 valence electrons. The molecular weight excluding hydrogens is 264 g/mol. The van der Waals surface area contributed by atoms with Crippen molar-refractivity contribution in [3.8, 4) is 0 Å². The molecule has 0 saturated carbocycles. The summed E-state index contributed by atoms with van der Waals surface area (Å²) in [6.07, 6.45) is 3.85. The number of nitrogens with zero attached hydrogens (tertiary/aromatic N) is 1. The first-order chi connectivity index (χ1) is 9.08. The lowest BCUT2D eigenvalue weighted by molar-refractivity contribution is -0.125. The second kappa shape index (κ2) is 7.89. The molecule has 0 bridgehead atoms. The Kier molecular flexibility index (Phi) is 6.49. The highest BCUT2D eigenvalue weighted by Crippen LogP contribution is 2.14. The predicted molar refractivity (Wildman–Crippen MR) is 74.2 cm³/mol. The minimum atomic E-state index is -1.04. The highest BCUT2D eigenvalue weighted by Gasteiger charge is 2.16. The number of unbranched alkanes of at least 4 members (excludes halogenated alkanes) is 1. The summed E-state index contributed by atoms with van der Waals surface area (Å²) < 4.78 is 0. The van der Waals surface area contributed by atoms with Gasteiger partial charge in [-0.1, -0.05) is 26.7 Å². The smallest absolute Gasteiger partial charge is 0.355 e. The Hall–Kier alpha value is -1.43. The van der Waals surface area contributed by atoms with Crippen molar-refractivity contribution in [3.63, 3.8) is 0 Å². The Balaban J connectivity index is 2.45. The molecule has 1 unspecified atom stereocenters. The summed E-state index contributed by atoms with van der Waals surface area (Å²) in [6, 6.07) is 0. The van der Waals surface area contributed by atoms with Gasteiger partial charge in [0, 0.05) is 11.3 Å². The van der Waals surface area contributed by atoms with Crippen molar-refractivity contribution in [1.82, 2.24) is 10.3 Å². The van der Waals surface area contributed by atoms with Gasteiger partial charge in [-0.15, -0.1) is 11.3 Å². The van der Waals surface area contributed by atoms with Crippen LogP contribution in [-0.2, 0) is 11.3 Å². The maximum absolute atomic E-state index is 11.9. The Labute approximate surface area is 117 Å². The lowest BCUT2D eigenvalue weighted by Crippen LogP contribution is -2.30. The van der Waals surface area contributed by atoms with Crippen LogP contribution in [-0.4, -0.2) is 22.0 Å². The fourth-order valence-corrected chi connectivity index (χ4v) is 2.48. The molecule has 1 aromatic heterocycles. The fourth-order valence-electron chi connectivity index (χ4n) is 1.77. The van der Waals surface area contributed by atoms with E-state index in [2.05, 4.69) is 17.2 Å². The quantitative estimate of drug-likeness (QED) is 0.769. The lowest BCUT2D eigenvalue weighted by atomic mass is 9.98. The van der Waals surface area contributed by atoms with Crippen LogP contribution in [0.2, 0.25) is 0 Å². The maximum atomic E-state index is 11.9. The zero-order chi connectivity index (χ0) is 14.3. The van der Waals surface area contributed by atoms with Gasteiger partial charge in [0.2, 0.25) is 5.91 Å². The third-order valence-corrected chi connectivity index (χ3v) is 3.80. The minimum absolute atomic E-state index is 0.0306. The first-order valence-electron chi connectivity index (χ1n) is 6.53. The molecule has 0 saturated heterocycles. The van der Waals surface area contributed by atoms with E-state index in [1.54, 1.807) is 0 Å². The molecule has 1 amide bonds. The maximum Gasteiger partial charge on any atom is 0.355 e. The summed E-state index contributed by atoms with van der Waals surface area (Å²) in [5.41, 5.74) is 0.0345. The third kappa shape index (κ3) is 4.98. The van der Waals surface area contributed by atoms with E-state index in [9.17, 15) is 9.59 Å². The van der Waals surface area contributed by atoms with Crippen molar-refractivity contribution in [2.75, 3.05) is 0 Å². The molecule has 1 aromatic rings. The zero-order valence-electron chi connectivity index (χ0n) is 11.3. The second-order valence-electron chi connectivity index (χ2n) is 4.40. The molecule has 0 aromatic carbocycles. The average molecular weight is 284 g/mol. The molecule has 0 aliphatic carbocycles. The van der Waals surface area contributed by atoms with Crippen molar-refractivity contribution >= 4 is 23.2 Å². The van der Waals surface area contributed by atoms with Gasteiger partial charge < -0.3 is 10.4 Å². The van der Waals surface area contributed by atoms with E-state index in [1.165, 1.54) is 16.7 Å². The molecule has 0 fully saturated rings. The van der Waals surface area contributed by atoms with Gasteiger partial charge in [0.15, 0.2) is 5.69 Å². The highest BCUT2D eigenvalue weighted by molar-refractivity contribution is 7.09. The summed E-state index contributed by atoms with van der Waals surface area (Å²) in [4.78, 5) is 26.6. The number of carboxylic acids is 1. The summed E-state index contributed by atoms with van der Waals surface area (Å²) in [7, 11) is 0. The number of carbonyl (C=O) groups excluding carboxylic acids is 1. The van der Waals surface area contributed by atoms with Crippen molar-refractivity contribution < 1.29 is 14.7 Å². The van der Waals surface area contributed by atoms with Gasteiger partial charge >= 0.3 is 5.97 Å². The van der Waals surface area contributed by atoms with E-state index in [-0.39, 0.29) is 17.5 Å². The number of hydrogen-bond acceptors (Lipinski definition) is 4. The van der Waals surface area contributed by atoms with Crippen LogP contribution in [0.25, 0.3) is 0 Å². The molecule has 1 rings (SSSR count). The SMILES string of the molecule is CCCCC(CC)C(=O)NCc1nc(C(=O)O)cs1. The molecule has 6 heteroatoms. The Morgan fingerprint density at radius 1 is 1.47 bits per heavy atom. The van der Waals surface area contributed by atoms with Crippen LogP contribution in [0.4, 0.5) is 0 Å². The number of thiazole rings is 1. The van der Waals surface area contributed by atoms with Crippen LogP contribution in [0.5, 0.6) is 0 Å². The molecule has 1 atom stereocenters. The van der Waals surface area contributed by atoms with Gasteiger partial charge in [-0.05, 0) is 12.8 Å². The summed E-state index contributed by atoms with van der Waals surface area (Å²) in [5, 5.41) is 13.7. The van der Waals surface area contributed by atoms with E-state index in [0.717, 1.165) is 25.7 Å². The number of hydrogen-bond donors (Lipinski definition) is 2. The molecular formula is C13H20N2O3S. The van der Waals surface area contributed by atoms with Crippen molar-refractivity contribution in [1.29, 1.82) is 0 Å². The molecule has 0 aliphatic rings. The van der Waals surface area contributed by atoms with Crippen LogP contribution in [0.3, 0.4) is 0 Å². The van der Waals surface area contributed by atoms with E-state index in [0.29, 0.717) is 11.6 Å². The van der Waals surface area contributed by atoms with E-state index < -0.39 is 5.97 Å². The number of carboxylic acid groups (broad SMARTS) is 1. The van der Waals surface area contributed by atoms with E-state index in [1.807, 2.05) is 6.92 Å². The third-order valence-electron chi connectivity index (χ3n) is 2.95. The van der Waals surface area contributed by atoms with Crippen molar-refractivity contribution in [3.05, 3.63) is 16.1 Å². The van der Waals surface area contributed by atoms with Crippen LogP contribution in [0, 0.1) is 5.92 Å². The highest BCUT2D eigenvalue weighted by atomic mass is 32.1. The van der Waals surface area contributed by atoms with Crippen LogP contribution >= 0.6 is 11.3 Å². The van der Waals surface area contributed by atoms with Gasteiger partial charge in [0.1, 0.15) is 5.01 Å². The van der Waals surface area contributed by atoms with Gasteiger partial charge in [0.05, 0.1) is 6.54 Å². The number of carbonyl (C=O) groups is 2. The number of aromatic carboxylic acids is 1. The van der Waals surface area contributed by atoms with Gasteiger partial charge in [-0.2, -0.15) is 0 Å². The Morgan fingerprint density at radius 2 is 2.21 bits per heavy atom. The average Bonchev–Trinajstić information content (AvgIpc) is 2.86. The molecule has 2 N–H and O–H groups in total. The molecule has 5 nitrogen and oxygen atoms in total. The van der Waals surface area contributed by atoms with Crippen LogP contribution in [0.15, 0.2) is 5.38 Å². The standard InChI is InChI=1S/C13H20N2O3S/c1-3-5-6-9(4-2)12(16)14-7-11-15-10(8-19-11)13(17)18/h8-9H,3-7H2,1-2H3,(H,14,16)(H,17,18). The molecule has 19 heavy (non-hydrogen) atoms. The summed E-state index contributed by atoms with van der Waals surface area (Å²) in [6.45, 7) is 4.42. The Morgan fingerprint density at radius 3 is 2.74 bits per heavy atom. The predicted octanol–water partition coefficient (Wildman–Crippen LogP) is 2.67. The number of rotatable bonds is 8. The van der Waals surface area contributed by atoms with E-state index >= 15 is 0 Å². The van der Waals surface area contributed by atoms with Gasteiger partial charge in [-0.25, -0.2) is 9.78 Å².